The third-order valence-electron chi connectivity index (χ3n) is 4.31. The van der Waals surface area contributed by atoms with E-state index < -0.39 is 0 Å². The first-order valence-corrected chi connectivity index (χ1v) is 8.63. The van der Waals surface area contributed by atoms with E-state index in [1.54, 1.807) is 12.5 Å². The van der Waals surface area contributed by atoms with Crippen LogP contribution in [0.25, 0.3) is 0 Å². The lowest BCUT2D eigenvalue weighted by atomic mass is 9.97. The fourth-order valence-electron chi connectivity index (χ4n) is 3.00. The van der Waals surface area contributed by atoms with Crippen molar-refractivity contribution in [1.29, 1.82) is 0 Å². The quantitative estimate of drug-likeness (QED) is 0.906. The summed E-state index contributed by atoms with van der Waals surface area (Å²) in [6, 6.07) is 9.62. The zero-order valence-electron chi connectivity index (χ0n) is 13.5. The number of rotatable bonds is 5. The van der Waals surface area contributed by atoms with Crippen LogP contribution in [0.1, 0.15) is 18.4 Å². The number of hydrogen-bond donors (Lipinski definition) is 1. The average molecular weight is 345 g/mol. The molecular formula is C18H21ClN4O. The number of carbonyl (C=O) groups excluding carboxylic acids is 1. The molecule has 1 saturated heterocycles. The highest BCUT2D eigenvalue weighted by atomic mass is 35.5. The molecule has 1 aliphatic rings. The third kappa shape index (κ3) is 4.45. The predicted octanol–water partition coefficient (Wildman–Crippen LogP) is 2.71. The SMILES string of the molecule is O=C(NCCc1ccc(Cl)cc1)[C@@H]1CCCN(c2ccncn2)C1. The lowest BCUT2D eigenvalue weighted by molar-refractivity contribution is -0.125. The summed E-state index contributed by atoms with van der Waals surface area (Å²) in [5, 5.41) is 3.79. The maximum atomic E-state index is 12.4. The van der Waals surface area contributed by atoms with Crippen molar-refractivity contribution < 1.29 is 4.79 Å². The first-order valence-electron chi connectivity index (χ1n) is 8.25. The topological polar surface area (TPSA) is 58.1 Å². The smallest absolute Gasteiger partial charge is 0.224 e. The molecule has 2 aromatic rings. The second kappa shape index (κ2) is 8.11. The fourth-order valence-corrected chi connectivity index (χ4v) is 3.12. The number of aromatic nitrogens is 2. The van der Waals surface area contributed by atoms with Gasteiger partial charge in [-0.05, 0) is 43.0 Å². The largest absolute Gasteiger partial charge is 0.356 e. The third-order valence-corrected chi connectivity index (χ3v) is 4.56. The van der Waals surface area contributed by atoms with Crippen LogP contribution in [-0.4, -0.2) is 35.5 Å². The highest BCUT2D eigenvalue weighted by Crippen LogP contribution is 2.21. The van der Waals surface area contributed by atoms with E-state index in [4.69, 9.17) is 11.6 Å². The van der Waals surface area contributed by atoms with Gasteiger partial charge in [-0.1, -0.05) is 23.7 Å². The van der Waals surface area contributed by atoms with Crippen LogP contribution in [0.15, 0.2) is 42.9 Å². The Labute approximate surface area is 147 Å². The van der Waals surface area contributed by atoms with Gasteiger partial charge in [-0.15, -0.1) is 0 Å². The molecule has 1 fully saturated rings. The molecule has 1 aromatic carbocycles. The Balaban J connectivity index is 1.48. The molecule has 24 heavy (non-hydrogen) atoms. The molecule has 5 nitrogen and oxygen atoms in total. The summed E-state index contributed by atoms with van der Waals surface area (Å²) in [6.07, 6.45) is 6.02. The first-order chi connectivity index (χ1) is 11.7. The van der Waals surface area contributed by atoms with Crippen LogP contribution < -0.4 is 10.2 Å². The number of nitrogens with one attached hydrogen (secondary N) is 1. The summed E-state index contributed by atoms with van der Waals surface area (Å²) in [5.41, 5.74) is 1.17. The number of hydrogen-bond acceptors (Lipinski definition) is 4. The zero-order chi connectivity index (χ0) is 16.8. The Morgan fingerprint density at radius 3 is 2.88 bits per heavy atom. The standard InChI is InChI=1S/C18H21ClN4O/c19-16-5-3-14(4-6-16)7-10-21-18(24)15-2-1-11-23(12-15)17-8-9-20-13-22-17/h3-6,8-9,13,15H,1-2,7,10-12H2,(H,21,24)/t15-/m1/s1. The number of amides is 1. The summed E-state index contributed by atoms with van der Waals surface area (Å²) in [6.45, 7) is 2.29. The molecule has 126 valence electrons. The van der Waals surface area contributed by atoms with E-state index in [1.165, 1.54) is 5.56 Å². The predicted molar refractivity (Wildman–Crippen MR) is 95.1 cm³/mol. The van der Waals surface area contributed by atoms with Gasteiger partial charge in [0.25, 0.3) is 0 Å². The van der Waals surface area contributed by atoms with Crippen molar-refractivity contribution in [2.75, 3.05) is 24.5 Å². The molecule has 1 amide bonds. The van der Waals surface area contributed by atoms with Gasteiger partial charge in [0.1, 0.15) is 12.1 Å². The van der Waals surface area contributed by atoms with Gasteiger partial charge in [0.05, 0.1) is 5.92 Å². The molecule has 0 unspecified atom stereocenters. The molecule has 1 aliphatic heterocycles. The second-order valence-corrected chi connectivity index (χ2v) is 6.46. The van der Waals surface area contributed by atoms with Crippen LogP contribution in [0, 0.1) is 5.92 Å². The van der Waals surface area contributed by atoms with Crippen LogP contribution in [0.3, 0.4) is 0 Å². The summed E-state index contributed by atoms with van der Waals surface area (Å²) in [7, 11) is 0. The number of nitrogens with zero attached hydrogens (tertiary/aromatic N) is 3. The van der Waals surface area contributed by atoms with Crippen LogP contribution in [0.5, 0.6) is 0 Å². The van der Waals surface area contributed by atoms with Gasteiger partial charge >= 0.3 is 0 Å². The summed E-state index contributed by atoms with van der Waals surface area (Å²) < 4.78 is 0. The number of benzene rings is 1. The molecule has 2 heterocycles. The van der Waals surface area contributed by atoms with E-state index in [-0.39, 0.29) is 11.8 Å². The van der Waals surface area contributed by atoms with E-state index in [0.717, 1.165) is 36.6 Å². The minimum atomic E-state index is 0.0129. The highest BCUT2D eigenvalue weighted by Gasteiger charge is 2.26. The van der Waals surface area contributed by atoms with Gasteiger partial charge in [-0.25, -0.2) is 9.97 Å². The van der Waals surface area contributed by atoms with Gasteiger partial charge in [0, 0.05) is 30.9 Å². The molecule has 1 N–H and O–H groups in total. The van der Waals surface area contributed by atoms with E-state index in [1.807, 2.05) is 30.3 Å². The lowest BCUT2D eigenvalue weighted by Gasteiger charge is -2.32. The molecule has 0 aliphatic carbocycles. The van der Waals surface area contributed by atoms with E-state index in [0.29, 0.717) is 13.1 Å². The van der Waals surface area contributed by atoms with E-state index >= 15 is 0 Å². The minimum Gasteiger partial charge on any atom is -0.356 e. The maximum absolute atomic E-state index is 12.4. The molecule has 0 bridgehead atoms. The van der Waals surface area contributed by atoms with Crippen molar-refractivity contribution in [3.63, 3.8) is 0 Å². The van der Waals surface area contributed by atoms with Crippen molar-refractivity contribution >= 4 is 23.3 Å². The molecule has 1 aromatic heterocycles. The summed E-state index contributed by atoms with van der Waals surface area (Å²) in [5.74, 6) is 1.03. The normalized spacial score (nSPS) is 17.5. The van der Waals surface area contributed by atoms with Crippen molar-refractivity contribution in [3.05, 3.63) is 53.4 Å². The Morgan fingerprint density at radius 2 is 2.12 bits per heavy atom. The van der Waals surface area contributed by atoms with Crippen LogP contribution in [0.2, 0.25) is 5.02 Å². The van der Waals surface area contributed by atoms with Crippen molar-refractivity contribution in [3.8, 4) is 0 Å². The van der Waals surface area contributed by atoms with Crippen LogP contribution >= 0.6 is 11.6 Å². The first kappa shape index (κ1) is 16.7. The average Bonchev–Trinajstić information content (AvgIpc) is 2.64. The van der Waals surface area contributed by atoms with Crippen molar-refractivity contribution in [2.45, 2.75) is 19.3 Å². The molecule has 0 spiro atoms. The van der Waals surface area contributed by atoms with Gasteiger partial charge in [-0.3, -0.25) is 4.79 Å². The molecule has 6 heteroatoms. The molecule has 0 saturated carbocycles. The van der Waals surface area contributed by atoms with Crippen molar-refractivity contribution in [1.82, 2.24) is 15.3 Å². The summed E-state index contributed by atoms with van der Waals surface area (Å²) in [4.78, 5) is 22.8. The fraction of sp³-hybridized carbons (Fsp3) is 0.389. The Morgan fingerprint density at radius 1 is 1.29 bits per heavy atom. The molecule has 1 atom stereocenters. The summed E-state index contributed by atoms with van der Waals surface area (Å²) >= 11 is 5.88. The maximum Gasteiger partial charge on any atom is 0.224 e. The number of anilines is 1. The Hall–Kier alpha value is -2.14. The number of carbonyl (C=O) groups is 1. The Bertz CT molecular complexity index is 662. The van der Waals surface area contributed by atoms with Gasteiger partial charge < -0.3 is 10.2 Å². The molecular weight excluding hydrogens is 324 g/mol. The Kier molecular flexibility index (Phi) is 5.64. The van der Waals surface area contributed by atoms with Gasteiger partial charge in [-0.2, -0.15) is 0 Å². The van der Waals surface area contributed by atoms with Gasteiger partial charge in [0.15, 0.2) is 0 Å². The monoisotopic (exact) mass is 344 g/mol. The lowest BCUT2D eigenvalue weighted by Crippen LogP contribution is -2.43. The number of piperidine rings is 1. The zero-order valence-corrected chi connectivity index (χ0v) is 14.2. The second-order valence-electron chi connectivity index (χ2n) is 6.02. The van der Waals surface area contributed by atoms with Crippen LogP contribution in [0.4, 0.5) is 5.82 Å². The van der Waals surface area contributed by atoms with Crippen molar-refractivity contribution in [2.24, 2.45) is 5.92 Å². The van der Waals surface area contributed by atoms with E-state index in [2.05, 4.69) is 20.2 Å². The van der Waals surface area contributed by atoms with Gasteiger partial charge in [0.2, 0.25) is 5.91 Å². The molecule has 3 rings (SSSR count). The van der Waals surface area contributed by atoms with E-state index in [9.17, 15) is 4.79 Å². The molecule has 0 radical (unpaired) electrons. The van der Waals surface area contributed by atoms with Crippen LogP contribution in [-0.2, 0) is 11.2 Å². The number of halogens is 1. The highest BCUT2D eigenvalue weighted by molar-refractivity contribution is 6.30. The minimum absolute atomic E-state index is 0.0129.